The molecule has 0 aliphatic carbocycles. The molecule has 0 unspecified atom stereocenters. The zero-order valence-electron chi connectivity index (χ0n) is 15.2. The highest BCUT2D eigenvalue weighted by Gasteiger charge is 2.17. The van der Waals surface area contributed by atoms with E-state index in [1.54, 1.807) is 0 Å². The van der Waals surface area contributed by atoms with Crippen molar-refractivity contribution in [3.63, 3.8) is 0 Å². The zero-order chi connectivity index (χ0) is 17.4. The third-order valence-corrected chi connectivity index (χ3v) is 4.37. The van der Waals surface area contributed by atoms with Gasteiger partial charge in [-0.1, -0.05) is 31.2 Å². The summed E-state index contributed by atoms with van der Waals surface area (Å²) in [5.74, 6) is 0.910. The maximum atomic E-state index is 12.2. The maximum Gasteiger partial charge on any atom is 0.244 e. The Morgan fingerprint density at radius 3 is 2.38 bits per heavy atom. The molecule has 0 bridgehead atoms. The maximum absolute atomic E-state index is 12.2. The van der Waals surface area contributed by atoms with Gasteiger partial charge < -0.3 is 15.1 Å². The number of guanidine groups is 1. The number of carbonyl (C=O) groups is 1. The summed E-state index contributed by atoms with van der Waals surface area (Å²) in [5.41, 5.74) is 2.59. The number of amides is 1. The van der Waals surface area contributed by atoms with Gasteiger partial charge in [-0.3, -0.25) is 4.79 Å². The third-order valence-electron chi connectivity index (χ3n) is 4.37. The van der Waals surface area contributed by atoms with Crippen LogP contribution in [0.25, 0.3) is 0 Å². The van der Waals surface area contributed by atoms with Crippen LogP contribution in [-0.4, -0.2) is 54.9 Å². The van der Waals surface area contributed by atoms with Crippen molar-refractivity contribution in [3.05, 3.63) is 35.4 Å². The van der Waals surface area contributed by atoms with Crippen LogP contribution in [0.3, 0.4) is 0 Å². The van der Waals surface area contributed by atoms with E-state index in [0.29, 0.717) is 0 Å². The van der Waals surface area contributed by atoms with Gasteiger partial charge in [0.1, 0.15) is 6.54 Å². The van der Waals surface area contributed by atoms with Crippen molar-refractivity contribution in [3.8, 4) is 0 Å². The molecule has 1 aliphatic heterocycles. The van der Waals surface area contributed by atoms with Crippen molar-refractivity contribution in [1.29, 1.82) is 0 Å². The van der Waals surface area contributed by atoms with Gasteiger partial charge in [-0.05, 0) is 37.3 Å². The van der Waals surface area contributed by atoms with Crippen molar-refractivity contribution in [2.24, 2.45) is 4.99 Å². The highest BCUT2D eigenvalue weighted by Crippen LogP contribution is 2.09. The Balaban J connectivity index is 1.96. The summed E-state index contributed by atoms with van der Waals surface area (Å²) in [6, 6.07) is 8.66. The second-order valence-corrected chi connectivity index (χ2v) is 6.28. The molecule has 0 aromatic heterocycles. The Kier molecular flexibility index (Phi) is 7.09. The fraction of sp³-hybridized carbons (Fsp3) is 0.579. The zero-order valence-corrected chi connectivity index (χ0v) is 15.2. The molecule has 1 amide bonds. The van der Waals surface area contributed by atoms with Crippen molar-refractivity contribution in [1.82, 2.24) is 15.1 Å². The van der Waals surface area contributed by atoms with Gasteiger partial charge in [0.05, 0.1) is 0 Å². The minimum absolute atomic E-state index is 0.128. The summed E-state index contributed by atoms with van der Waals surface area (Å²) in [5, 5.41) is 3.28. The molecule has 0 atom stereocenters. The molecule has 0 spiro atoms. The Morgan fingerprint density at radius 1 is 1.17 bits per heavy atom. The summed E-state index contributed by atoms with van der Waals surface area (Å²) in [6.45, 7) is 7.75. The van der Waals surface area contributed by atoms with E-state index in [4.69, 9.17) is 0 Å². The number of nitrogens with zero attached hydrogens (tertiary/aromatic N) is 3. The molecule has 1 N–H and O–H groups in total. The second-order valence-electron chi connectivity index (χ2n) is 6.28. The first-order valence-corrected chi connectivity index (χ1v) is 8.99. The van der Waals surface area contributed by atoms with Gasteiger partial charge in [-0.2, -0.15) is 0 Å². The topological polar surface area (TPSA) is 47.9 Å². The SMILES string of the molecule is CCNC(=NCC(=O)N1CCCC1)N(C)Cc1ccc(CC)cc1. The second kappa shape index (κ2) is 9.30. The predicted octanol–water partition coefficient (Wildman–Crippen LogP) is 2.27. The predicted molar refractivity (Wildman–Crippen MR) is 99.1 cm³/mol. The lowest BCUT2D eigenvalue weighted by molar-refractivity contribution is -0.128. The lowest BCUT2D eigenvalue weighted by atomic mass is 10.1. The van der Waals surface area contributed by atoms with Gasteiger partial charge in [0, 0.05) is 33.2 Å². The number of nitrogens with one attached hydrogen (secondary N) is 1. The molecule has 1 heterocycles. The van der Waals surface area contributed by atoms with Crippen LogP contribution in [0.15, 0.2) is 29.3 Å². The minimum atomic E-state index is 0.128. The van der Waals surface area contributed by atoms with Crippen LogP contribution in [0.5, 0.6) is 0 Å². The summed E-state index contributed by atoms with van der Waals surface area (Å²) < 4.78 is 0. The normalized spacial score (nSPS) is 14.8. The largest absolute Gasteiger partial charge is 0.357 e. The number of carbonyl (C=O) groups excluding carboxylic acids is 1. The fourth-order valence-corrected chi connectivity index (χ4v) is 2.91. The molecule has 132 valence electrons. The highest BCUT2D eigenvalue weighted by molar-refractivity contribution is 5.85. The molecule has 1 fully saturated rings. The van der Waals surface area contributed by atoms with Gasteiger partial charge in [0.2, 0.25) is 5.91 Å². The number of benzene rings is 1. The number of rotatable bonds is 6. The summed E-state index contributed by atoms with van der Waals surface area (Å²) >= 11 is 0. The Bertz CT molecular complexity index is 547. The van der Waals surface area contributed by atoms with Crippen LogP contribution in [0.1, 0.15) is 37.8 Å². The average molecular weight is 330 g/mol. The van der Waals surface area contributed by atoms with Gasteiger partial charge in [0.15, 0.2) is 5.96 Å². The molecule has 0 saturated carbocycles. The van der Waals surface area contributed by atoms with Crippen LogP contribution in [0, 0.1) is 0 Å². The Labute approximate surface area is 145 Å². The van der Waals surface area contributed by atoms with Crippen LogP contribution in [-0.2, 0) is 17.8 Å². The molecule has 2 rings (SSSR count). The Morgan fingerprint density at radius 2 is 1.79 bits per heavy atom. The quantitative estimate of drug-likeness (QED) is 0.643. The standard InChI is InChI=1S/C19H30N4O/c1-4-16-8-10-17(11-9-16)15-22(3)19(20-5-2)21-14-18(24)23-12-6-7-13-23/h8-11H,4-7,12-15H2,1-3H3,(H,20,21). The molecule has 1 aliphatic rings. The van der Waals surface area contributed by atoms with Crippen molar-refractivity contribution in [2.45, 2.75) is 39.7 Å². The van der Waals surface area contributed by atoms with E-state index < -0.39 is 0 Å². The van der Waals surface area contributed by atoms with E-state index in [-0.39, 0.29) is 12.5 Å². The van der Waals surface area contributed by atoms with Crippen LogP contribution >= 0.6 is 0 Å². The average Bonchev–Trinajstić information content (AvgIpc) is 3.13. The molecule has 5 heteroatoms. The number of hydrogen-bond acceptors (Lipinski definition) is 2. The molecular weight excluding hydrogens is 300 g/mol. The number of aliphatic imine (C=N–C) groups is 1. The molecule has 1 aromatic rings. The van der Waals surface area contributed by atoms with Crippen molar-refractivity contribution >= 4 is 11.9 Å². The van der Waals surface area contributed by atoms with Gasteiger partial charge in [-0.25, -0.2) is 4.99 Å². The third kappa shape index (κ3) is 5.25. The summed E-state index contributed by atoms with van der Waals surface area (Å²) in [7, 11) is 2.01. The fourth-order valence-electron chi connectivity index (χ4n) is 2.91. The van der Waals surface area contributed by atoms with Gasteiger partial charge >= 0.3 is 0 Å². The van der Waals surface area contributed by atoms with E-state index in [0.717, 1.165) is 51.4 Å². The first-order chi connectivity index (χ1) is 11.6. The summed E-state index contributed by atoms with van der Waals surface area (Å²) in [4.78, 5) is 20.7. The lowest BCUT2D eigenvalue weighted by Crippen LogP contribution is -2.39. The molecule has 1 aromatic carbocycles. The minimum Gasteiger partial charge on any atom is -0.357 e. The smallest absolute Gasteiger partial charge is 0.244 e. The van der Waals surface area contributed by atoms with E-state index in [1.807, 2.05) is 18.9 Å². The lowest BCUT2D eigenvalue weighted by Gasteiger charge is -2.22. The van der Waals surface area contributed by atoms with Crippen LogP contribution < -0.4 is 5.32 Å². The van der Waals surface area contributed by atoms with E-state index in [1.165, 1.54) is 11.1 Å². The molecular formula is C19H30N4O. The molecule has 1 saturated heterocycles. The highest BCUT2D eigenvalue weighted by atomic mass is 16.2. The number of likely N-dealkylation sites (tertiary alicyclic amines) is 1. The number of aryl methyl sites for hydroxylation is 1. The molecule has 5 nitrogen and oxygen atoms in total. The van der Waals surface area contributed by atoms with Gasteiger partial charge in [0.25, 0.3) is 0 Å². The molecule has 24 heavy (non-hydrogen) atoms. The van der Waals surface area contributed by atoms with Crippen molar-refractivity contribution < 1.29 is 4.79 Å². The Hall–Kier alpha value is -2.04. The monoisotopic (exact) mass is 330 g/mol. The van der Waals surface area contributed by atoms with E-state index >= 15 is 0 Å². The van der Waals surface area contributed by atoms with Gasteiger partial charge in [-0.15, -0.1) is 0 Å². The van der Waals surface area contributed by atoms with E-state index in [2.05, 4.69) is 46.4 Å². The first-order valence-electron chi connectivity index (χ1n) is 8.99. The van der Waals surface area contributed by atoms with Crippen LogP contribution in [0.2, 0.25) is 0 Å². The first kappa shape index (κ1) is 18.3. The van der Waals surface area contributed by atoms with E-state index in [9.17, 15) is 4.79 Å². The van der Waals surface area contributed by atoms with Crippen molar-refractivity contribution in [2.75, 3.05) is 33.2 Å². The molecule has 0 radical (unpaired) electrons. The number of hydrogen-bond donors (Lipinski definition) is 1. The van der Waals surface area contributed by atoms with Crippen LogP contribution in [0.4, 0.5) is 0 Å². The summed E-state index contributed by atoms with van der Waals surface area (Å²) in [6.07, 6.45) is 3.28.